The number of ether oxygens (including phenoxy) is 1. The first-order valence-corrected chi connectivity index (χ1v) is 7.91. The lowest BCUT2D eigenvalue weighted by Gasteiger charge is -2.36. The standard InChI is InChI=1S/C16H34N2O2/c1-8-14(9-2)11-18(10-3)12-16(6,15(19)20-7)17-13(4)5/h13-14,17H,8-12H2,1-7H3. The first-order chi connectivity index (χ1) is 9.32. The van der Waals surface area contributed by atoms with Gasteiger partial charge in [-0.25, -0.2) is 0 Å². The summed E-state index contributed by atoms with van der Waals surface area (Å²) >= 11 is 0. The van der Waals surface area contributed by atoms with Gasteiger partial charge in [0.25, 0.3) is 0 Å². The van der Waals surface area contributed by atoms with Crippen LogP contribution in [0.1, 0.15) is 54.4 Å². The van der Waals surface area contributed by atoms with Gasteiger partial charge in [0.1, 0.15) is 5.54 Å². The summed E-state index contributed by atoms with van der Waals surface area (Å²) in [6, 6.07) is 0.242. The number of rotatable bonds is 10. The van der Waals surface area contributed by atoms with Crippen molar-refractivity contribution in [2.75, 3.05) is 26.7 Å². The van der Waals surface area contributed by atoms with Crippen molar-refractivity contribution in [3.8, 4) is 0 Å². The Morgan fingerprint density at radius 1 is 1.25 bits per heavy atom. The molecule has 0 fully saturated rings. The fraction of sp³-hybridized carbons (Fsp3) is 0.938. The second kappa shape index (κ2) is 9.35. The van der Waals surface area contributed by atoms with Crippen molar-refractivity contribution in [3.05, 3.63) is 0 Å². The van der Waals surface area contributed by atoms with E-state index >= 15 is 0 Å². The molecule has 1 atom stereocenters. The summed E-state index contributed by atoms with van der Waals surface area (Å²) in [6.07, 6.45) is 2.36. The number of nitrogens with zero attached hydrogens (tertiary/aromatic N) is 1. The van der Waals surface area contributed by atoms with Gasteiger partial charge in [-0.05, 0) is 33.2 Å². The van der Waals surface area contributed by atoms with E-state index in [-0.39, 0.29) is 12.0 Å². The van der Waals surface area contributed by atoms with Crippen LogP contribution < -0.4 is 5.32 Å². The Morgan fingerprint density at radius 2 is 1.80 bits per heavy atom. The van der Waals surface area contributed by atoms with Crippen LogP contribution in [0.5, 0.6) is 0 Å². The zero-order valence-electron chi connectivity index (χ0n) is 14.5. The summed E-state index contributed by atoms with van der Waals surface area (Å²) in [5.74, 6) is 0.505. The average Bonchev–Trinajstić information content (AvgIpc) is 2.41. The zero-order chi connectivity index (χ0) is 15.8. The topological polar surface area (TPSA) is 41.6 Å². The molecule has 4 heteroatoms. The van der Waals surface area contributed by atoms with Crippen LogP contribution in [0.3, 0.4) is 0 Å². The smallest absolute Gasteiger partial charge is 0.327 e. The van der Waals surface area contributed by atoms with Crippen LogP contribution in [0.25, 0.3) is 0 Å². The van der Waals surface area contributed by atoms with Gasteiger partial charge in [-0.15, -0.1) is 0 Å². The van der Waals surface area contributed by atoms with Crippen molar-refractivity contribution in [1.29, 1.82) is 0 Å². The minimum atomic E-state index is -0.648. The second-order valence-electron chi connectivity index (χ2n) is 6.13. The van der Waals surface area contributed by atoms with Crippen LogP contribution in [-0.4, -0.2) is 49.2 Å². The van der Waals surface area contributed by atoms with Crippen LogP contribution in [-0.2, 0) is 9.53 Å². The van der Waals surface area contributed by atoms with E-state index in [9.17, 15) is 4.79 Å². The fourth-order valence-corrected chi connectivity index (χ4v) is 2.70. The number of esters is 1. The number of carbonyl (C=O) groups is 1. The third-order valence-corrected chi connectivity index (χ3v) is 3.90. The summed E-state index contributed by atoms with van der Waals surface area (Å²) in [4.78, 5) is 14.5. The number of nitrogens with one attached hydrogen (secondary N) is 1. The van der Waals surface area contributed by atoms with Gasteiger partial charge in [-0.2, -0.15) is 0 Å². The molecule has 1 N–H and O–H groups in total. The average molecular weight is 286 g/mol. The van der Waals surface area contributed by atoms with E-state index in [0.717, 1.165) is 13.1 Å². The van der Waals surface area contributed by atoms with E-state index in [1.807, 2.05) is 6.92 Å². The van der Waals surface area contributed by atoms with Crippen molar-refractivity contribution in [3.63, 3.8) is 0 Å². The summed E-state index contributed by atoms with van der Waals surface area (Å²) in [5.41, 5.74) is -0.648. The number of methoxy groups -OCH3 is 1. The fourth-order valence-electron chi connectivity index (χ4n) is 2.70. The second-order valence-corrected chi connectivity index (χ2v) is 6.13. The SMILES string of the molecule is CCC(CC)CN(CC)CC(C)(NC(C)C)C(=O)OC. The Bertz CT molecular complexity index is 278. The highest BCUT2D eigenvalue weighted by atomic mass is 16.5. The Labute approximate surface area is 125 Å². The molecule has 1 unspecified atom stereocenters. The van der Waals surface area contributed by atoms with E-state index in [1.165, 1.54) is 20.0 Å². The molecular weight excluding hydrogens is 252 g/mol. The largest absolute Gasteiger partial charge is 0.468 e. The summed E-state index contributed by atoms with van der Waals surface area (Å²) in [6.45, 7) is 15.3. The highest BCUT2D eigenvalue weighted by Gasteiger charge is 2.36. The Kier molecular flexibility index (Phi) is 9.06. The monoisotopic (exact) mass is 286 g/mol. The molecule has 4 nitrogen and oxygen atoms in total. The first-order valence-electron chi connectivity index (χ1n) is 7.91. The Balaban J connectivity index is 4.87. The van der Waals surface area contributed by atoms with Crippen LogP contribution in [0.2, 0.25) is 0 Å². The van der Waals surface area contributed by atoms with Crippen LogP contribution in [0.4, 0.5) is 0 Å². The molecule has 0 bridgehead atoms. The molecule has 0 aromatic carbocycles. The molecule has 0 saturated heterocycles. The molecule has 0 spiro atoms. The lowest BCUT2D eigenvalue weighted by atomic mass is 9.98. The van der Waals surface area contributed by atoms with E-state index in [2.05, 4.69) is 44.8 Å². The molecule has 0 aliphatic carbocycles. The van der Waals surface area contributed by atoms with Crippen molar-refractivity contribution < 1.29 is 9.53 Å². The molecular formula is C16H34N2O2. The molecule has 0 aliphatic heterocycles. The molecule has 0 aliphatic rings. The van der Waals surface area contributed by atoms with Crippen molar-refractivity contribution >= 4 is 5.97 Å². The lowest BCUT2D eigenvalue weighted by molar-refractivity contribution is -0.149. The van der Waals surface area contributed by atoms with Crippen LogP contribution >= 0.6 is 0 Å². The maximum Gasteiger partial charge on any atom is 0.327 e. The summed E-state index contributed by atoms with van der Waals surface area (Å²) in [7, 11) is 1.46. The molecule has 0 aromatic rings. The maximum atomic E-state index is 12.1. The van der Waals surface area contributed by atoms with Crippen LogP contribution in [0.15, 0.2) is 0 Å². The van der Waals surface area contributed by atoms with Gasteiger partial charge in [0, 0.05) is 19.1 Å². The van der Waals surface area contributed by atoms with E-state index in [0.29, 0.717) is 12.5 Å². The Hall–Kier alpha value is -0.610. The minimum Gasteiger partial charge on any atom is -0.468 e. The number of hydrogen-bond donors (Lipinski definition) is 1. The zero-order valence-corrected chi connectivity index (χ0v) is 14.5. The van der Waals surface area contributed by atoms with Gasteiger partial charge in [-0.1, -0.05) is 33.6 Å². The molecule has 0 heterocycles. The van der Waals surface area contributed by atoms with Crippen molar-refractivity contribution in [1.82, 2.24) is 10.2 Å². The van der Waals surface area contributed by atoms with Gasteiger partial charge in [0.15, 0.2) is 0 Å². The predicted molar refractivity (Wildman–Crippen MR) is 84.9 cm³/mol. The number of hydrogen-bond acceptors (Lipinski definition) is 4. The molecule has 0 rings (SSSR count). The maximum absolute atomic E-state index is 12.1. The number of carbonyl (C=O) groups excluding carboxylic acids is 1. The lowest BCUT2D eigenvalue weighted by Crippen LogP contribution is -2.59. The van der Waals surface area contributed by atoms with Crippen molar-refractivity contribution in [2.45, 2.75) is 66.0 Å². The van der Waals surface area contributed by atoms with Crippen LogP contribution in [0, 0.1) is 5.92 Å². The minimum absolute atomic E-state index is 0.186. The Morgan fingerprint density at radius 3 is 2.15 bits per heavy atom. The summed E-state index contributed by atoms with van der Waals surface area (Å²) < 4.78 is 4.99. The van der Waals surface area contributed by atoms with Gasteiger partial charge < -0.3 is 9.64 Å². The summed E-state index contributed by atoms with van der Waals surface area (Å²) in [5, 5.41) is 3.36. The van der Waals surface area contributed by atoms with Crippen molar-refractivity contribution in [2.24, 2.45) is 5.92 Å². The molecule has 0 aromatic heterocycles. The molecule has 20 heavy (non-hydrogen) atoms. The third-order valence-electron chi connectivity index (χ3n) is 3.90. The third kappa shape index (κ3) is 6.23. The predicted octanol–water partition coefficient (Wildman–Crippen LogP) is 2.67. The van der Waals surface area contributed by atoms with E-state index in [4.69, 9.17) is 4.74 Å². The number of likely N-dealkylation sites (N-methyl/N-ethyl adjacent to an activating group) is 1. The molecule has 0 radical (unpaired) electrons. The van der Waals surface area contributed by atoms with Gasteiger partial charge in [0.2, 0.25) is 0 Å². The highest BCUT2D eigenvalue weighted by molar-refractivity contribution is 5.80. The molecule has 120 valence electrons. The first kappa shape index (κ1) is 19.4. The van der Waals surface area contributed by atoms with E-state index < -0.39 is 5.54 Å². The highest BCUT2D eigenvalue weighted by Crippen LogP contribution is 2.15. The quantitative estimate of drug-likeness (QED) is 0.627. The molecule has 0 saturated carbocycles. The van der Waals surface area contributed by atoms with E-state index in [1.54, 1.807) is 0 Å². The van der Waals surface area contributed by atoms with Gasteiger partial charge >= 0.3 is 5.97 Å². The molecule has 0 amide bonds. The van der Waals surface area contributed by atoms with Gasteiger partial charge in [0.05, 0.1) is 7.11 Å². The van der Waals surface area contributed by atoms with Gasteiger partial charge in [-0.3, -0.25) is 10.1 Å². The normalized spacial score (nSPS) is 14.9.